The number of carbonyl (C=O) groups is 2. The van der Waals surface area contributed by atoms with Gasteiger partial charge in [-0.05, 0) is 69.7 Å². The minimum atomic E-state index is -0.573. The van der Waals surface area contributed by atoms with Crippen LogP contribution < -0.4 is 5.32 Å². The van der Waals surface area contributed by atoms with E-state index in [9.17, 15) is 9.59 Å². The van der Waals surface area contributed by atoms with E-state index in [1.54, 1.807) is 23.6 Å². The summed E-state index contributed by atoms with van der Waals surface area (Å²) in [6.07, 6.45) is 0.342. The molecule has 0 radical (unpaired) electrons. The van der Waals surface area contributed by atoms with Gasteiger partial charge in [0.25, 0.3) is 0 Å². The maximum Gasteiger partial charge on any atom is 0.242 e. The number of hydrogen-bond donors (Lipinski definition) is 1. The number of nitrogens with one attached hydrogen (secondary N) is 1. The number of thioether (sulfide) groups is 1. The Hall–Kier alpha value is -1.50. The first-order valence-electron chi connectivity index (χ1n) is 9.79. The van der Waals surface area contributed by atoms with Crippen molar-refractivity contribution in [1.82, 2.24) is 10.2 Å². The Labute approximate surface area is 196 Å². The van der Waals surface area contributed by atoms with Crippen LogP contribution in [0.3, 0.4) is 0 Å². The van der Waals surface area contributed by atoms with Gasteiger partial charge >= 0.3 is 0 Å². The van der Waals surface area contributed by atoms with Gasteiger partial charge < -0.3 is 10.2 Å². The zero-order chi connectivity index (χ0) is 22.3. The maximum atomic E-state index is 13.1. The van der Waals surface area contributed by atoms with Crippen LogP contribution in [-0.4, -0.2) is 34.0 Å². The first-order chi connectivity index (χ1) is 14.0. The van der Waals surface area contributed by atoms with Crippen molar-refractivity contribution in [3.8, 4) is 0 Å². The van der Waals surface area contributed by atoms with Crippen molar-refractivity contribution >= 4 is 51.1 Å². The molecule has 1 N–H and O–H groups in total. The number of rotatable bonds is 8. The number of halogens is 2. The summed E-state index contributed by atoms with van der Waals surface area (Å²) in [5, 5.41) is 3.67. The Morgan fingerprint density at radius 1 is 1.17 bits per heavy atom. The molecule has 162 valence electrons. The largest absolute Gasteiger partial charge is 0.350 e. The molecule has 0 aromatic heterocycles. The van der Waals surface area contributed by atoms with Crippen LogP contribution in [0.15, 0.2) is 57.9 Å². The third-order valence-electron chi connectivity index (χ3n) is 4.31. The molecule has 0 heterocycles. The van der Waals surface area contributed by atoms with Crippen molar-refractivity contribution in [3.63, 3.8) is 0 Å². The van der Waals surface area contributed by atoms with Crippen LogP contribution in [0.4, 0.5) is 0 Å². The second-order valence-corrected chi connectivity index (χ2v) is 10.6. The number of amides is 2. The highest BCUT2D eigenvalue weighted by molar-refractivity contribution is 9.10. The summed E-state index contributed by atoms with van der Waals surface area (Å²) in [6, 6.07) is 14.8. The summed E-state index contributed by atoms with van der Waals surface area (Å²) in [5.41, 5.74) is 0.610. The van der Waals surface area contributed by atoms with Gasteiger partial charge in [0.15, 0.2) is 0 Å². The molecule has 0 saturated heterocycles. The summed E-state index contributed by atoms with van der Waals surface area (Å²) in [6.45, 7) is 7.95. The Kier molecular flexibility index (Phi) is 9.26. The molecule has 7 heteroatoms. The fourth-order valence-electron chi connectivity index (χ4n) is 2.82. The normalized spacial score (nSPS) is 12.3. The SMILES string of the molecule is C[C@@H](C(=O)NC(C)(C)C)N(Cc1cccc(Br)c1)C(=O)CCSc1ccc(Cl)cc1. The molecule has 0 spiro atoms. The van der Waals surface area contributed by atoms with E-state index >= 15 is 0 Å². The molecule has 30 heavy (non-hydrogen) atoms. The van der Waals surface area contributed by atoms with Gasteiger partial charge in [0.05, 0.1) is 0 Å². The molecular formula is C23H28BrClN2O2S. The van der Waals surface area contributed by atoms with Crippen molar-refractivity contribution in [1.29, 1.82) is 0 Å². The second-order valence-electron chi connectivity index (χ2n) is 8.12. The van der Waals surface area contributed by atoms with Crippen LogP contribution in [0, 0.1) is 0 Å². The lowest BCUT2D eigenvalue weighted by atomic mass is 10.1. The third-order valence-corrected chi connectivity index (χ3v) is 6.06. The second kappa shape index (κ2) is 11.2. The van der Waals surface area contributed by atoms with Gasteiger partial charge in [0.2, 0.25) is 11.8 Å². The van der Waals surface area contributed by atoms with Gasteiger partial charge in [0, 0.05) is 38.6 Å². The molecule has 0 aliphatic rings. The van der Waals surface area contributed by atoms with Crippen LogP contribution in [0.25, 0.3) is 0 Å². The highest BCUT2D eigenvalue weighted by Crippen LogP contribution is 2.22. The van der Waals surface area contributed by atoms with Crippen LogP contribution in [-0.2, 0) is 16.1 Å². The Morgan fingerprint density at radius 3 is 2.43 bits per heavy atom. The van der Waals surface area contributed by atoms with E-state index < -0.39 is 6.04 Å². The molecule has 0 bridgehead atoms. The monoisotopic (exact) mass is 510 g/mol. The zero-order valence-corrected chi connectivity index (χ0v) is 20.9. The predicted molar refractivity (Wildman–Crippen MR) is 129 cm³/mol. The van der Waals surface area contributed by atoms with Crippen LogP contribution in [0.1, 0.15) is 39.7 Å². The van der Waals surface area contributed by atoms with E-state index in [0.29, 0.717) is 23.7 Å². The van der Waals surface area contributed by atoms with Crippen molar-refractivity contribution in [2.45, 2.75) is 57.1 Å². The fourth-order valence-corrected chi connectivity index (χ4v) is 4.23. The number of benzene rings is 2. The van der Waals surface area contributed by atoms with Gasteiger partial charge in [-0.15, -0.1) is 11.8 Å². The van der Waals surface area contributed by atoms with Gasteiger partial charge in [-0.25, -0.2) is 0 Å². The highest BCUT2D eigenvalue weighted by Gasteiger charge is 2.28. The standard InChI is InChI=1S/C23H28BrClN2O2S/c1-16(22(29)26-23(2,3)4)27(15-17-6-5-7-18(24)14-17)21(28)12-13-30-20-10-8-19(25)9-11-20/h5-11,14,16H,12-13,15H2,1-4H3,(H,26,29)/t16-/m0/s1. The van der Waals surface area contributed by atoms with Gasteiger partial charge in [-0.1, -0.05) is 39.7 Å². The minimum absolute atomic E-state index is 0.0481. The molecule has 2 aromatic carbocycles. The van der Waals surface area contributed by atoms with Gasteiger partial charge in [0.1, 0.15) is 6.04 Å². The first-order valence-corrected chi connectivity index (χ1v) is 11.9. The van der Waals surface area contributed by atoms with E-state index in [1.807, 2.05) is 69.3 Å². The van der Waals surface area contributed by atoms with Crippen molar-refractivity contribution in [2.75, 3.05) is 5.75 Å². The Morgan fingerprint density at radius 2 is 1.83 bits per heavy atom. The molecule has 0 unspecified atom stereocenters. The van der Waals surface area contributed by atoms with Gasteiger partial charge in [-0.3, -0.25) is 9.59 Å². The molecule has 0 fully saturated rings. The van der Waals surface area contributed by atoms with E-state index in [2.05, 4.69) is 21.2 Å². The lowest BCUT2D eigenvalue weighted by Gasteiger charge is -2.31. The van der Waals surface area contributed by atoms with E-state index in [-0.39, 0.29) is 17.4 Å². The Balaban J connectivity index is 2.09. The molecule has 4 nitrogen and oxygen atoms in total. The van der Waals surface area contributed by atoms with E-state index in [0.717, 1.165) is 14.9 Å². The summed E-state index contributed by atoms with van der Waals surface area (Å²) < 4.78 is 0.942. The molecule has 0 aliphatic carbocycles. The summed E-state index contributed by atoms with van der Waals surface area (Å²) in [5.74, 6) is 0.424. The lowest BCUT2D eigenvalue weighted by Crippen LogP contribution is -2.52. The molecule has 2 rings (SSSR count). The minimum Gasteiger partial charge on any atom is -0.350 e. The Bertz CT molecular complexity index is 868. The lowest BCUT2D eigenvalue weighted by molar-refractivity contribution is -0.140. The summed E-state index contributed by atoms with van der Waals surface area (Å²) >= 11 is 11.0. The van der Waals surface area contributed by atoms with E-state index in [4.69, 9.17) is 11.6 Å². The summed E-state index contributed by atoms with van der Waals surface area (Å²) in [4.78, 5) is 28.6. The topological polar surface area (TPSA) is 49.4 Å². The molecule has 0 saturated carbocycles. The predicted octanol–water partition coefficient (Wildman–Crippen LogP) is 5.92. The van der Waals surface area contributed by atoms with Crippen molar-refractivity contribution in [2.24, 2.45) is 0 Å². The van der Waals surface area contributed by atoms with Crippen LogP contribution >= 0.6 is 39.3 Å². The zero-order valence-electron chi connectivity index (χ0n) is 17.7. The molecule has 0 aliphatic heterocycles. The highest BCUT2D eigenvalue weighted by atomic mass is 79.9. The number of hydrogen-bond acceptors (Lipinski definition) is 3. The van der Waals surface area contributed by atoms with Crippen LogP contribution in [0.5, 0.6) is 0 Å². The maximum absolute atomic E-state index is 13.1. The third kappa shape index (κ3) is 8.32. The summed E-state index contributed by atoms with van der Waals surface area (Å²) in [7, 11) is 0. The quantitative estimate of drug-likeness (QED) is 0.448. The molecule has 2 amide bonds. The van der Waals surface area contributed by atoms with Crippen LogP contribution in [0.2, 0.25) is 5.02 Å². The van der Waals surface area contributed by atoms with E-state index in [1.165, 1.54) is 0 Å². The number of carbonyl (C=O) groups excluding carboxylic acids is 2. The first kappa shape index (κ1) is 24.8. The number of nitrogens with zero attached hydrogens (tertiary/aromatic N) is 1. The van der Waals surface area contributed by atoms with Crippen molar-refractivity contribution < 1.29 is 9.59 Å². The van der Waals surface area contributed by atoms with Crippen molar-refractivity contribution in [3.05, 3.63) is 63.6 Å². The molecular weight excluding hydrogens is 484 g/mol. The smallest absolute Gasteiger partial charge is 0.242 e. The van der Waals surface area contributed by atoms with Gasteiger partial charge in [-0.2, -0.15) is 0 Å². The average Bonchev–Trinajstić information content (AvgIpc) is 2.65. The average molecular weight is 512 g/mol. The fraction of sp³-hybridized carbons (Fsp3) is 0.391. The molecule has 2 aromatic rings. The molecule has 1 atom stereocenters.